The normalized spacial score (nSPS) is 10.5. The molecule has 0 radical (unpaired) electrons. The first-order chi connectivity index (χ1) is 12.4. The van der Waals surface area contributed by atoms with E-state index in [1.54, 1.807) is 18.2 Å². The first-order valence-electron chi connectivity index (χ1n) is 8.04. The van der Waals surface area contributed by atoms with E-state index in [4.69, 9.17) is 11.6 Å². The highest BCUT2D eigenvalue weighted by atomic mass is 35.5. The van der Waals surface area contributed by atoms with Gasteiger partial charge in [-0.1, -0.05) is 29.8 Å². The topological polar surface area (TPSA) is 79.8 Å². The van der Waals surface area contributed by atoms with E-state index in [1.165, 1.54) is 13.1 Å². The summed E-state index contributed by atoms with van der Waals surface area (Å²) in [7, 11) is 0. The maximum absolute atomic E-state index is 11.5. The van der Waals surface area contributed by atoms with E-state index in [2.05, 4.69) is 25.8 Å². The Morgan fingerprint density at radius 3 is 2.65 bits per heavy atom. The predicted molar refractivity (Wildman–Crippen MR) is 104 cm³/mol. The van der Waals surface area contributed by atoms with Crippen LogP contribution >= 0.6 is 11.6 Å². The Bertz CT molecular complexity index is 951. The van der Waals surface area contributed by atoms with E-state index in [0.29, 0.717) is 28.0 Å². The Hall–Kier alpha value is -2.99. The molecule has 3 rings (SSSR count). The van der Waals surface area contributed by atoms with Crippen molar-refractivity contribution in [3.8, 4) is 0 Å². The number of halogens is 1. The maximum Gasteiger partial charge on any atom is 0.249 e. The van der Waals surface area contributed by atoms with Crippen LogP contribution in [0.3, 0.4) is 0 Å². The first-order valence-corrected chi connectivity index (χ1v) is 8.41. The zero-order valence-corrected chi connectivity index (χ0v) is 15.4. The molecule has 0 atom stereocenters. The van der Waals surface area contributed by atoms with Crippen LogP contribution in [0.25, 0.3) is 0 Å². The monoisotopic (exact) mass is 367 g/mol. The molecule has 0 fully saturated rings. The molecule has 0 saturated carbocycles. The number of Topliss-reactive ketones (excluding diaryl/α,β-unsaturated/α-hetero) is 1. The smallest absolute Gasteiger partial charge is 0.249 e. The highest BCUT2D eigenvalue weighted by Crippen LogP contribution is 2.29. The molecule has 0 unspecified atom stereocenters. The van der Waals surface area contributed by atoms with Crippen molar-refractivity contribution in [2.75, 3.05) is 10.6 Å². The Balaban J connectivity index is 1.83. The quantitative estimate of drug-likeness (QED) is 0.628. The van der Waals surface area contributed by atoms with Gasteiger partial charge in [0.25, 0.3) is 0 Å². The lowest BCUT2D eigenvalue weighted by Gasteiger charge is -2.12. The number of nitrogens with one attached hydrogen (secondary N) is 2. The van der Waals surface area contributed by atoms with Crippen LogP contribution in [0.4, 0.5) is 23.1 Å². The third-order valence-corrected chi connectivity index (χ3v) is 4.07. The number of aromatic nitrogens is 3. The van der Waals surface area contributed by atoms with Gasteiger partial charge in [-0.15, -0.1) is 5.10 Å². The number of rotatable bonds is 5. The van der Waals surface area contributed by atoms with Gasteiger partial charge in [0, 0.05) is 11.3 Å². The van der Waals surface area contributed by atoms with Crippen molar-refractivity contribution >= 4 is 40.5 Å². The van der Waals surface area contributed by atoms with Gasteiger partial charge in [-0.3, -0.25) is 4.79 Å². The van der Waals surface area contributed by atoms with Crippen LogP contribution in [0.1, 0.15) is 28.4 Å². The van der Waals surface area contributed by atoms with Crippen LogP contribution in [-0.4, -0.2) is 21.0 Å². The number of aryl methyl sites for hydroxylation is 2. The van der Waals surface area contributed by atoms with Crippen molar-refractivity contribution in [3.63, 3.8) is 0 Å². The third kappa shape index (κ3) is 4.15. The third-order valence-electron chi connectivity index (χ3n) is 3.77. The van der Waals surface area contributed by atoms with Gasteiger partial charge < -0.3 is 10.6 Å². The molecule has 132 valence electrons. The van der Waals surface area contributed by atoms with Crippen LogP contribution in [0.5, 0.6) is 0 Å². The highest BCUT2D eigenvalue weighted by molar-refractivity contribution is 6.33. The molecule has 6 nitrogen and oxygen atoms in total. The summed E-state index contributed by atoms with van der Waals surface area (Å²) in [5.74, 6) is 0.822. The second-order valence-electron chi connectivity index (χ2n) is 5.99. The lowest BCUT2D eigenvalue weighted by atomic mass is 10.1. The van der Waals surface area contributed by atoms with Gasteiger partial charge in [0.2, 0.25) is 5.95 Å². The fourth-order valence-electron chi connectivity index (χ4n) is 2.56. The summed E-state index contributed by atoms with van der Waals surface area (Å²) in [4.78, 5) is 15.9. The number of ketones is 1. The van der Waals surface area contributed by atoms with Gasteiger partial charge in [-0.2, -0.15) is 10.1 Å². The average molecular weight is 368 g/mol. The number of benzene rings is 2. The van der Waals surface area contributed by atoms with Gasteiger partial charge in [0.15, 0.2) is 11.6 Å². The van der Waals surface area contributed by atoms with Gasteiger partial charge in [-0.05, 0) is 50.1 Å². The van der Waals surface area contributed by atoms with E-state index in [-0.39, 0.29) is 5.78 Å². The maximum atomic E-state index is 11.5. The van der Waals surface area contributed by atoms with E-state index < -0.39 is 0 Å². The Morgan fingerprint density at radius 1 is 1.12 bits per heavy atom. The van der Waals surface area contributed by atoms with Crippen LogP contribution < -0.4 is 10.6 Å². The van der Waals surface area contributed by atoms with E-state index in [0.717, 1.165) is 16.8 Å². The average Bonchev–Trinajstić information content (AvgIpc) is 2.58. The fraction of sp³-hybridized carbons (Fsp3) is 0.158. The minimum Gasteiger partial charge on any atom is -0.337 e. The second-order valence-corrected chi connectivity index (χ2v) is 6.40. The molecule has 0 aliphatic carbocycles. The van der Waals surface area contributed by atoms with Gasteiger partial charge >= 0.3 is 0 Å². The molecule has 0 spiro atoms. The number of nitrogens with zero attached hydrogens (tertiary/aromatic N) is 3. The largest absolute Gasteiger partial charge is 0.337 e. The van der Waals surface area contributed by atoms with Crippen LogP contribution in [-0.2, 0) is 0 Å². The molecule has 1 heterocycles. The molecule has 0 saturated heterocycles. The van der Waals surface area contributed by atoms with Gasteiger partial charge in [0.05, 0.1) is 16.9 Å². The first kappa shape index (κ1) is 17.8. The van der Waals surface area contributed by atoms with Crippen molar-refractivity contribution in [1.82, 2.24) is 15.2 Å². The van der Waals surface area contributed by atoms with Crippen LogP contribution in [0.15, 0.2) is 42.6 Å². The second kappa shape index (κ2) is 7.49. The molecule has 2 N–H and O–H groups in total. The zero-order chi connectivity index (χ0) is 18.7. The number of anilines is 4. The summed E-state index contributed by atoms with van der Waals surface area (Å²) in [5.41, 5.74) is 4.20. The van der Waals surface area contributed by atoms with Crippen LogP contribution in [0.2, 0.25) is 5.02 Å². The lowest BCUT2D eigenvalue weighted by Crippen LogP contribution is -2.04. The van der Waals surface area contributed by atoms with E-state index in [9.17, 15) is 4.79 Å². The number of carbonyl (C=O) groups is 1. The summed E-state index contributed by atoms with van der Waals surface area (Å²) in [5, 5.41) is 14.8. The summed E-state index contributed by atoms with van der Waals surface area (Å²) in [6, 6.07) is 11.0. The predicted octanol–water partition coefficient (Wildman–Crippen LogP) is 4.83. The zero-order valence-electron chi connectivity index (χ0n) is 14.7. The lowest BCUT2D eigenvalue weighted by molar-refractivity contribution is 0.101. The SMILES string of the molecule is CC(=O)c1cccc(Nc2nncc(Nc3c(C)cc(C)cc3Cl)n2)c1. The Morgan fingerprint density at radius 2 is 1.92 bits per heavy atom. The molecule has 26 heavy (non-hydrogen) atoms. The van der Waals surface area contributed by atoms with E-state index in [1.807, 2.05) is 32.0 Å². The number of hydrogen-bond acceptors (Lipinski definition) is 6. The number of hydrogen-bond donors (Lipinski definition) is 2. The van der Waals surface area contributed by atoms with Crippen molar-refractivity contribution in [1.29, 1.82) is 0 Å². The molecule has 7 heteroatoms. The summed E-state index contributed by atoms with van der Waals surface area (Å²) in [6.45, 7) is 5.49. The molecule has 3 aromatic rings. The Labute approximate surface area is 156 Å². The molecule has 0 amide bonds. The molecule has 1 aromatic heterocycles. The van der Waals surface area contributed by atoms with Crippen molar-refractivity contribution in [3.05, 3.63) is 64.3 Å². The highest BCUT2D eigenvalue weighted by Gasteiger charge is 2.09. The molecular weight excluding hydrogens is 350 g/mol. The molecule has 0 aliphatic rings. The standard InChI is InChI=1S/C19H18ClN5O/c1-11-7-12(2)18(16(20)8-11)23-17-10-21-25-19(24-17)22-15-6-4-5-14(9-15)13(3)26/h4-10H,1-3H3,(H2,22,23,24,25). The van der Waals surface area contributed by atoms with Crippen molar-refractivity contribution < 1.29 is 4.79 Å². The van der Waals surface area contributed by atoms with Crippen molar-refractivity contribution in [2.24, 2.45) is 0 Å². The Kier molecular flexibility index (Phi) is 5.14. The molecule has 0 bridgehead atoms. The molecule has 0 aliphatic heterocycles. The summed E-state index contributed by atoms with van der Waals surface area (Å²) < 4.78 is 0. The van der Waals surface area contributed by atoms with Crippen molar-refractivity contribution in [2.45, 2.75) is 20.8 Å². The summed E-state index contributed by atoms with van der Waals surface area (Å²) >= 11 is 6.33. The van der Waals surface area contributed by atoms with Gasteiger partial charge in [0.1, 0.15) is 0 Å². The van der Waals surface area contributed by atoms with Crippen LogP contribution in [0, 0.1) is 13.8 Å². The minimum absolute atomic E-state index is 0.00685. The fourth-order valence-corrected chi connectivity index (χ4v) is 2.93. The van der Waals surface area contributed by atoms with E-state index >= 15 is 0 Å². The van der Waals surface area contributed by atoms with Gasteiger partial charge in [-0.25, -0.2) is 0 Å². The minimum atomic E-state index is -0.00685. The number of carbonyl (C=O) groups excluding carboxylic acids is 1. The summed E-state index contributed by atoms with van der Waals surface area (Å²) in [6.07, 6.45) is 1.52. The molecular formula is C19H18ClN5O. The molecule has 2 aromatic carbocycles.